The average molecular weight is 1080 g/mol. The fourth-order valence-electron chi connectivity index (χ4n) is 13.8. The summed E-state index contributed by atoms with van der Waals surface area (Å²) < 4.78 is 19.4. The summed E-state index contributed by atoms with van der Waals surface area (Å²) in [6.45, 7) is 27.9. The van der Waals surface area contributed by atoms with E-state index in [4.69, 9.17) is 9.47 Å². The third-order valence-corrected chi connectivity index (χ3v) is 20.4. The standard InChI is InChI=1S/C74H66N2O2S2/c1-69(2,3)43-29-33-57-47(37-43)48-38-44(70(4,5)6)30-34-58(48)75(57)65-41-55-67(79-65)74(53-23-15-19-27-63(53)78-64-28-20-16-24-54(64)74)56-42-66(80-68(56)73(55)51-21-13-17-25-61(51)77-62-26-18-14-22-52(62)73)76-59-35-31-45(71(7,8)9)39-49(59)50-40-46(72(10,11)12)32-36-60(50)76/h13-42H,1-12H3. The SMILES string of the molecule is CC(C)(C)c1ccc2c(c1)c1cc(C(C)(C)C)ccc1n2-c1cc2c(s1)C1(c3ccccc3Oc3ccccc31)c1cc(-n3c4ccc(C(C)(C)C)cc4c4cc(C(C)(C)C)ccc43)sc1C21c2ccccc2Oc2ccccc21. The Hall–Kier alpha value is -7.64. The lowest BCUT2D eigenvalue weighted by Crippen LogP contribution is -2.45. The Morgan fingerprint density at radius 1 is 0.300 bits per heavy atom. The van der Waals surface area contributed by atoms with Gasteiger partial charge in [0.1, 0.15) is 33.0 Å². The monoisotopic (exact) mass is 1080 g/mol. The quantitative estimate of drug-likeness (QED) is 0.173. The molecule has 0 saturated carbocycles. The van der Waals surface area contributed by atoms with Crippen LogP contribution in [0.2, 0.25) is 0 Å². The highest BCUT2D eigenvalue weighted by atomic mass is 32.1. The Bertz CT molecular complexity index is 4030. The second kappa shape index (κ2) is 16.5. The van der Waals surface area contributed by atoms with E-state index in [1.807, 2.05) is 22.7 Å². The van der Waals surface area contributed by atoms with Crippen molar-refractivity contribution in [1.82, 2.24) is 9.13 Å². The molecule has 0 amide bonds. The lowest BCUT2D eigenvalue weighted by molar-refractivity contribution is 0.418. The first kappa shape index (κ1) is 49.4. The van der Waals surface area contributed by atoms with Crippen molar-refractivity contribution in [1.29, 1.82) is 0 Å². The van der Waals surface area contributed by atoms with Gasteiger partial charge in [-0.05, 0) is 140 Å². The number of rotatable bonds is 2. The molecule has 0 unspecified atom stereocenters. The summed E-state index contributed by atoms with van der Waals surface area (Å²) in [6, 6.07) is 69.4. The number of fused-ring (bicyclic) bond motifs is 20. The van der Waals surface area contributed by atoms with Crippen LogP contribution in [-0.4, -0.2) is 9.13 Å². The van der Waals surface area contributed by atoms with Crippen LogP contribution in [0.4, 0.5) is 0 Å². The molecule has 2 spiro atoms. The summed E-state index contributed by atoms with van der Waals surface area (Å²) in [5.41, 5.74) is 15.5. The van der Waals surface area contributed by atoms with Gasteiger partial charge in [0.15, 0.2) is 0 Å². The maximum absolute atomic E-state index is 7.11. The maximum Gasteiger partial charge on any atom is 0.132 e. The highest BCUT2D eigenvalue weighted by molar-refractivity contribution is 7.16. The molecule has 1 aliphatic carbocycles. The molecular formula is C74H66N2O2S2. The number of thiophene rings is 2. The molecule has 0 bridgehead atoms. The van der Waals surface area contributed by atoms with Gasteiger partial charge in [0.2, 0.25) is 0 Å². The first-order valence-electron chi connectivity index (χ1n) is 28.4. The second-order valence-electron chi connectivity index (χ2n) is 26.9. The Labute approximate surface area is 477 Å². The van der Waals surface area contributed by atoms with Crippen LogP contribution in [-0.2, 0) is 32.5 Å². The summed E-state index contributed by atoms with van der Waals surface area (Å²) in [5.74, 6) is 3.49. The van der Waals surface area contributed by atoms with E-state index in [0.29, 0.717) is 0 Å². The van der Waals surface area contributed by atoms with Crippen molar-refractivity contribution in [3.8, 4) is 33.0 Å². The minimum atomic E-state index is -0.809. The van der Waals surface area contributed by atoms with Gasteiger partial charge in [-0.2, -0.15) is 0 Å². The van der Waals surface area contributed by atoms with Gasteiger partial charge in [-0.15, -0.1) is 22.7 Å². The number of hydrogen-bond acceptors (Lipinski definition) is 4. The van der Waals surface area contributed by atoms with Crippen LogP contribution in [0.5, 0.6) is 23.0 Å². The molecule has 4 nitrogen and oxygen atoms in total. The molecule has 15 rings (SSSR count). The van der Waals surface area contributed by atoms with E-state index in [-0.39, 0.29) is 21.7 Å². The smallest absolute Gasteiger partial charge is 0.132 e. The lowest BCUT2D eigenvalue weighted by Gasteiger charge is -2.50. The predicted molar refractivity (Wildman–Crippen MR) is 336 cm³/mol. The summed E-state index contributed by atoms with van der Waals surface area (Å²) in [6.07, 6.45) is 0. The van der Waals surface area contributed by atoms with Gasteiger partial charge in [-0.25, -0.2) is 0 Å². The van der Waals surface area contributed by atoms with Crippen LogP contribution in [0.3, 0.4) is 0 Å². The molecule has 12 aromatic rings. The molecule has 0 radical (unpaired) electrons. The van der Waals surface area contributed by atoms with E-state index in [1.54, 1.807) is 0 Å². The van der Waals surface area contributed by atoms with Crippen LogP contribution >= 0.6 is 22.7 Å². The molecule has 3 aliphatic rings. The van der Waals surface area contributed by atoms with Gasteiger partial charge in [0, 0.05) is 53.6 Å². The van der Waals surface area contributed by atoms with Gasteiger partial charge in [-0.3, -0.25) is 0 Å². The number of ether oxygens (including phenoxy) is 2. The lowest BCUT2D eigenvalue weighted by atomic mass is 9.54. The van der Waals surface area contributed by atoms with Crippen molar-refractivity contribution in [3.63, 3.8) is 0 Å². The average Bonchev–Trinajstić information content (AvgIpc) is 4.36. The molecule has 2 aliphatic heterocycles. The molecule has 80 heavy (non-hydrogen) atoms. The minimum Gasteiger partial charge on any atom is -0.457 e. The van der Waals surface area contributed by atoms with Crippen LogP contribution in [0.25, 0.3) is 53.6 Å². The molecule has 4 aromatic heterocycles. The van der Waals surface area contributed by atoms with Crippen molar-refractivity contribution in [3.05, 3.63) is 247 Å². The summed E-state index contributed by atoms with van der Waals surface area (Å²) in [5, 5.41) is 7.44. The van der Waals surface area contributed by atoms with E-state index in [2.05, 4.69) is 274 Å². The highest BCUT2D eigenvalue weighted by Gasteiger charge is 2.61. The molecule has 0 fully saturated rings. The molecule has 0 N–H and O–H groups in total. The number of benzene rings is 8. The topological polar surface area (TPSA) is 28.3 Å². The molecule has 8 aromatic carbocycles. The van der Waals surface area contributed by atoms with E-state index < -0.39 is 10.8 Å². The largest absolute Gasteiger partial charge is 0.457 e. The Balaban J connectivity index is 1.13. The van der Waals surface area contributed by atoms with Crippen LogP contribution < -0.4 is 9.47 Å². The first-order chi connectivity index (χ1) is 38.2. The van der Waals surface area contributed by atoms with E-state index in [9.17, 15) is 0 Å². The van der Waals surface area contributed by atoms with Gasteiger partial charge >= 0.3 is 0 Å². The summed E-state index contributed by atoms with van der Waals surface area (Å²) in [7, 11) is 0. The van der Waals surface area contributed by atoms with Crippen molar-refractivity contribution >= 4 is 66.3 Å². The fraction of sp³-hybridized carbons (Fsp3) is 0.243. The van der Waals surface area contributed by atoms with Crippen LogP contribution in [0.1, 0.15) is 148 Å². The predicted octanol–water partition coefficient (Wildman–Crippen LogP) is 20.5. The second-order valence-corrected chi connectivity index (χ2v) is 29.0. The van der Waals surface area contributed by atoms with Crippen molar-refractivity contribution in [2.75, 3.05) is 0 Å². The first-order valence-corrected chi connectivity index (χ1v) is 30.0. The Morgan fingerprint density at radius 3 is 0.800 bits per heavy atom. The van der Waals surface area contributed by atoms with E-state index >= 15 is 0 Å². The van der Waals surface area contributed by atoms with E-state index in [0.717, 1.165) is 45.3 Å². The van der Waals surface area contributed by atoms with Gasteiger partial charge in [0.25, 0.3) is 0 Å². The van der Waals surface area contributed by atoms with Crippen LogP contribution in [0, 0.1) is 0 Å². The Kier molecular flexibility index (Phi) is 10.2. The maximum atomic E-state index is 7.11. The minimum absolute atomic E-state index is 0.0288. The molecule has 0 saturated heterocycles. The van der Waals surface area contributed by atoms with Crippen molar-refractivity contribution in [2.24, 2.45) is 0 Å². The summed E-state index contributed by atoms with van der Waals surface area (Å²) in [4.78, 5) is 2.55. The number of nitrogens with zero attached hydrogens (tertiary/aromatic N) is 2. The number of para-hydroxylation sites is 4. The molecule has 6 heteroatoms. The fourth-order valence-corrected chi connectivity index (χ4v) is 16.7. The molecule has 396 valence electrons. The summed E-state index contributed by atoms with van der Waals surface area (Å²) >= 11 is 3.88. The van der Waals surface area contributed by atoms with Gasteiger partial charge in [-0.1, -0.05) is 180 Å². The molecule has 0 atom stereocenters. The van der Waals surface area contributed by atoms with Gasteiger partial charge in [0.05, 0.1) is 32.9 Å². The normalized spacial score (nSPS) is 15.2. The van der Waals surface area contributed by atoms with Crippen LogP contribution in [0.15, 0.2) is 182 Å². The molecule has 6 heterocycles. The Morgan fingerprint density at radius 2 is 0.550 bits per heavy atom. The zero-order valence-electron chi connectivity index (χ0n) is 47.8. The van der Waals surface area contributed by atoms with E-state index in [1.165, 1.54) is 96.7 Å². The zero-order chi connectivity index (χ0) is 55.2. The molecular weight excluding hydrogens is 1010 g/mol. The highest BCUT2D eigenvalue weighted by Crippen LogP contribution is 2.70. The van der Waals surface area contributed by atoms with Crippen molar-refractivity contribution < 1.29 is 9.47 Å². The van der Waals surface area contributed by atoms with Gasteiger partial charge < -0.3 is 18.6 Å². The number of hydrogen-bond donors (Lipinski definition) is 0. The van der Waals surface area contributed by atoms with Crippen molar-refractivity contribution in [2.45, 2.75) is 116 Å². The third kappa shape index (κ3) is 6.72. The number of aromatic nitrogens is 2. The zero-order valence-corrected chi connectivity index (χ0v) is 49.5. The third-order valence-electron chi connectivity index (χ3n) is 18.0.